The fraction of sp³-hybridized carbons (Fsp3) is 0.960. The molecule has 0 spiro atoms. The van der Waals surface area contributed by atoms with E-state index >= 15 is 0 Å². The molecule has 156 valence electrons. The van der Waals surface area contributed by atoms with Crippen molar-refractivity contribution in [3.8, 4) is 6.07 Å². The average molecular weight is 376 g/mol. The smallest absolute Gasteiger partial charge is 0.0689 e. The van der Waals surface area contributed by atoms with Gasteiger partial charge in [0.1, 0.15) is 0 Å². The van der Waals surface area contributed by atoms with Crippen molar-refractivity contribution in [3.63, 3.8) is 0 Å². The van der Waals surface area contributed by atoms with Crippen LogP contribution in [0.15, 0.2) is 0 Å². The van der Waals surface area contributed by atoms with Gasteiger partial charge in [-0.1, -0.05) is 65.2 Å². The molecule has 0 radical (unpaired) electrons. The number of unbranched alkanes of at least 4 members (excludes halogenated alkanes) is 5. The van der Waals surface area contributed by atoms with Crippen molar-refractivity contribution in [3.05, 3.63) is 0 Å². The maximum Gasteiger partial charge on any atom is 0.0689 e. The van der Waals surface area contributed by atoms with Gasteiger partial charge in [0.15, 0.2) is 0 Å². The van der Waals surface area contributed by atoms with Crippen molar-refractivity contribution in [2.24, 2.45) is 17.3 Å². The summed E-state index contributed by atoms with van der Waals surface area (Å²) < 4.78 is 6.33. The molecule has 0 heterocycles. The van der Waals surface area contributed by atoms with Crippen LogP contribution in [0.1, 0.15) is 123 Å². The Hall–Kier alpha value is -0.550. The Morgan fingerprint density at radius 3 is 2.11 bits per heavy atom. The molecule has 2 fully saturated rings. The Bertz CT molecular complexity index is 411. The predicted molar refractivity (Wildman–Crippen MR) is 115 cm³/mol. The molecule has 2 aliphatic carbocycles. The quantitative estimate of drug-likeness (QED) is 0.326. The van der Waals surface area contributed by atoms with Gasteiger partial charge in [0.2, 0.25) is 0 Å². The average Bonchev–Trinajstić information content (AvgIpc) is 2.72. The standard InChI is InChI=1S/C25H45NO/c1-3-5-7-9-17-25(21-26)18-15-23(16-19-25)20-27-24-13-11-22(12-14-24)10-8-6-4-2/h22-24H,3-20H2,1-2H3. The van der Waals surface area contributed by atoms with Crippen LogP contribution < -0.4 is 0 Å². The zero-order valence-electron chi connectivity index (χ0n) is 18.3. The highest BCUT2D eigenvalue weighted by Gasteiger charge is 2.35. The second-order valence-corrected chi connectivity index (χ2v) is 9.62. The Labute approximate surface area is 169 Å². The molecule has 0 atom stereocenters. The third kappa shape index (κ3) is 8.15. The molecule has 0 bridgehead atoms. The SMILES string of the molecule is CCCCCCC1(C#N)CCC(COC2CCC(CCCCC)CC2)CC1. The minimum absolute atomic E-state index is 0.0131. The number of rotatable bonds is 12. The summed E-state index contributed by atoms with van der Waals surface area (Å²) in [5, 5.41) is 9.74. The highest BCUT2D eigenvalue weighted by Crippen LogP contribution is 2.42. The Kier molecular flexibility index (Phi) is 10.8. The van der Waals surface area contributed by atoms with E-state index in [-0.39, 0.29) is 5.41 Å². The van der Waals surface area contributed by atoms with Gasteiger partial charge in [0.05, 0.1) is 17.6 Å². The van der Waals surface area contributed by atoms with Gasteiger partial charge in [-0.3, -0.25) is 0 Å². The monoisotopic (exact) mass is 375 g/mol. The van der Waals surface area contributed by atoms with E-state index in [1.807, 2.05) is 0 Å². The summed E-state index contributed by atoms with van der Waals surface area (Å²) in [6.45, 7) is 5.50. The number of nitrogens with zero attached hydrogens (tertiary/aromatic N) is 1. The third-order valence-corrected chi connectivity index (χ3v) is 7.39. The van der Waals surface area contributed by atoms with Crippen molar-refractivity contribution in [1.82, 2.24) is 0 Å². The summed E-state index contributed by atoms with van der Waals surface area (Å²) in [4.78, 5) is 0. The first-order chi connectivity index (χ1) is 13.2. The maximum atomic E-state index is 9.74. The molecule has 27 heavy (non-hydrogen) atoms. The molecule has 0 aromatic carbocycles. The van der Waals surface area contributed by atoms with Crippen molar-refractivity contribution in [2.75, 3.05) is 6.61 Å². The van der Waals surface area contributed by atoms with Crippen LogP contribution in [0.3, 0.4) is 0 Å². The van der Waals surface area contributed by atoms with E-state index in [0.717, 1.165) is 31.8 Å². The summed E-state index contributed by atoms with van der Waals surface area (Å²) in [7, 11) is 0. The maximum absolute atomic E-state index is 9.74. The molecular formula is C25H45NO. The minimum Gasteiger partial charge on any atom is -0.378 e. The Morgan fingerprint density at radius 1 is 0.815 bits per heavy atom. The largest absolute Gasteiger partial charge is 0.378 e. The second-order valence-electron chi connectivity index (χ2n) is 9.62. The van der Waals surface area contributed by atoms with Gasteiger partial charge < -0.3 is 4.74 Å². The molecule has 0 aliphatic heterocycles. The lowest BCUT2D eigenvalue weighted by Crippen LogP contribution is -2.30. The van der Waals surface area contributed by atoms with Crippen LogP contribution in [0.5, 0.6) is 0 Å². The number of hydrogen-bond acceptors (Lipinski definition) is 2. The summed E-state index contributed by atoms with van der Waals surface area (Å²) in [5.41, 5.74) is -0.0131. The number of hydrogen-bond donors (Lipinski definition) is 0. The van der Waals surface area contributed by atoms with E-state index < -0.39 is 0 Å². The van der Waals surface area contributed by atoms with Gasteiger partial charge in [-0.15, -0.1) is 0 Å². The van der Waals surface area contributed by atoms with Crippen LogP contribution in [0.4, 0.5) is 0 Å². The van der Waals surface area contributed by atoms with Crippen LogP contribution >= 0.6 is 0 Å². The van der Waals surface area contributed by atoms with Crippen LogP contribution in [0.2, 0.25) is 0 Å². The second kappa shape index (κ2) is 12.8. The molecule has 2 saturated carbocycles. The normalized spacial score (nSPS) is 31.5. The third-order valence-electron chi connectivity index (χ3n) is 7.39. The van der Waals surface area contributed by atoms with Crippen molar-refractivity contribution in [1.29, 1.82) is 5.26 Å². The van der Waals surface area contributed by atoms with E-state index in [2.05, 4.69) is 19.9 Å². The summed E-state index contributed by atoms with van der Waals surface area (Å²) >= 11 is 0. The topological polar surface area (TPSA) is 33.0 Å². The van der Waals surface area contributed by atoms with Crippen LogP contribution in [-0.2, 0) is 4.74 Å². The molecule has 0 N–H and O–H groups in total. The number of ether oxygens (including phenoxy) is 1. The lowest BCUT2D eigenvalue weighted by molar-refractivity contribution is -0.0135. The molecule has 2 nitrogen and oxygen atoms in total. The fourth-order valence-corrected chi connectivity index (χ4v) is 5.25. The van der Waals surface area contributed by atoms with E-state index in [9.17, 15) is 5.26 Å². The highest BCUT2D eigenvalue weighted by atomic mass is 16.5. The Balaban J connectivity index is 1.59. The van der Waals surface area contributed by atoms with Gasteiger partial charge in [0.25, 0.3) is 0 Å². The van der Waals surface area contributed by atoms with Gasteiger partial charge >= 0.3 is 0 Å². The van der Waals surface area contributed by atoms with E-state index in [1.165, 1.54) is 89.9 Å². The molecule has 0 saturated heterocycles. The van der Waals surface area contributed by atoms with Gasteiger partial charge in [-0.05, 0) is 69.6 Å². The van der Waals surface area contributed by atoms with Crippen molar-refractivity contribution in [2.45, 2.75) is 129 Å². The van der Waals surface area contributed by atoms with Crippen molar-refractivity contribution >= 4 is 0 Å². The molecule has 2 heteroatoms. The van der Waals surface area contributed by atoms with Gasteiger partial charge in [-0.25, -0.2) is 0 Å². The molecule has 0 aromatic heterocycles. The Morgan fingerprint density at radius 2 is 1.48 bits per heavy atom. The minimum atomic E-state index is -0.0131. The molecular weight excluding hydrogens is 330 g/mol. The van der Waals surface area contributed by atoms with E-state index in [4.69, 9.17) is 4.74 Å². The van der Waals surface area contributed by atoms with Gasteiger partial charge in [0, 0.05) is 6.61 Å². The highest BCUT2D eigenvalue weighted by molar-refractivity contribution is 5.01. The van der Waals surface area contributed by atoms with Crippen LogP contribution in [0.25, 0.3) is 0 Å². The van der Waals surface area contributed by atoms with E-state index in [1.54, 1.807) is 0 Å². The first-order valence-corrected chi connectivity index (χ1v) is 12.2. The lowest BCUT2D eigenvalue weighted by atomic mass is 9.69. The van der Waals surface area contributed by atoms with E-state index in [0.29, 0.717) is 12.0 Å². The first-order valence-electron chi connectivity index (χ1n) is 12.2. The van der Waals surface area contributed by atoms with Crippen LogP contribution in [-0.4, -0.2) is 12.7 Å². The summed E-state index contributed by atoms with van der Waals surface area (Å²) in [6, 6.07) is 2.71. The lowest BCUT2D eigenvalue weighted by Gasteiger charge is -2.36. The summed E-state index contributed by atoms with van der Waals surface area (Å²) in [6.07, 6.45) is 22.3. The zero-order chi connectivity index (χ0) is 19.4. The molecule has 0 unspecified atom stereocenters. The molecule has 0 amide bonds. The predicted octanol–water partition coefficient (Wildman–Crippen LogP) is 7.81. The number of nitriles is 1. The zero-order valence-corrected chi connectivity index (χ0v) is 18.3. The molecule has 2 aliphatic rings. The fourth-order valence-electron chi connectivity index (χ4n) is 5.25. The van der Waals surface area contributed by atoms with Crippen LogP contribution in [0, 0.1) is 28.6 Å². The first kappa shape index (κ1) is 22.7. The van der Waals surface area contributed by atoms with Crippen molar-refractivity contribution < 1.29 is 4.74 Å². The molecule has 2 rings (SSSR count). The van der Waals surface area contributed by atoms with Gasteiger partial charge in [-0.2, -0.15) is 5.26 Å². The summed E-state index contributed by atoms with van der Waals surface area (Å²) in [5.74, 6) is 1.67. The molecule has 0 aromatic rings.